The molecule has 7 nitrogen and oxygen atoms in total. The van der Waals surface area contributed by atoms with Crippen LogP contribution in [-0.2, 0) is 28.5 Å². The van der Waals surface area contributed by atoms with Gasteiger partial charge in [0.25, 0.3) is 5.91 Å². The van der Waals surface area contributed by atoms with Crippen LogP contribution in [0.25, 0.3) is 5.69 Å². The number of halogens is 3. The van der Waals surface area contributed by atoms with Gasteiger partial charge in [0.1, 0.15) is 0 Å². The van der Waals surface area contributed by atoms with Crippen LogP contribution in [-0.4, -0.2) is 30.1 Å². The highest BCUT2D eigenvalue weighted by atomic mass is 32.2. The largest absolute Gasteiger partial charge is 0.434 e. The van der Waals surface area contributed by atoms with E-state index in [1.54, 1.807) is 50.2 Å². The fraction of sp³-hybridized carbons (Fsp3) is 0.304. The van der Waals surface area contributed by atoms with E-state index in [4.69, 9.17) is 0 Å². The summed E-state index contributed by atoms with van der Waals surface area (Å²) < 4.78 is 68.6. The van der Waals surface area contributed by atoms with Gasteiger partial charge in [0, 0.05) is 12.6 Å². The molecule has 2 aromatic carbocycles. The predicted octanol–water partition coefficient (Wildman–Crippen LogP) is 3.96. The second-order valence-corrected chi connectivity index (χ2v) is 9.94. The Morgan fingerprint density at radius 3 is 2.18 bits per heavy atom. The molecule has 0 saturated carbocycles. The van der Waals surface area contributed by atoms with E-state index in [1.807, 2.05) is 6.92 Å². The van der Waals surface area contributed by atoms with E-state index >= 15 is 0 Å². The summed E-state index contributed by atoms with van der Waals surface area (Å²) in [6, 6.07) is 12.5. The molecule has 182 valence electrons. The first kappa shape index (κ1) is 25.4. The van der Waals surface area contributed by atoms with E-state index in [-0.39, 0.29) is 24.0 Å². The van der Waals surface area contributed by atoms with Gasteiger partial charge in [0.15, 0.2) is 5.69 Å². The van der Waals surface area contributed by atoms with Crippen molar-refractivity contribution in [2.45, 2.75) is 45.3 Å². The smallest absolute Gasteiger partial charge is 0.348 e. The molecular weight excluding hydrogens is 469 g/mol. The molecule has 0 bridgehead atoms. The summed E-state index contributed by atoms with van der Waals surface area (Å²) in [6.45, 7) is 5.21. The number of alkyl halides is 3. The highest BCUT2D eigenvalue weighted by molar-refractivity contribution is 7.88. The monoisotopic (exact) mass is 494 g/mol. The number of carbonyl (C=O) groups is 1. The molecule has 0 aliphatic heterocycles. The van der Waals surface area contributed by atoms with Gasteiger partial charge in [-0.15, -0.1) is 0 Å². The maximum Gasteiger partial charge on any atom is 0.434 e. The van der Waals surface area contributed by atoms with Gasteiger partial charge in [-0.25, -0.2) is 17.8 Å². The molecule has 3 aromatic rings. The molecule has 0 atom stereocenters. The van der Waals surface area contributed by atoms with Crippen molar-refractivity contribution in [3.63, 3.8) is 0 Å². The fourth-order valence-electron chi connectivity index (χ4n) is 3.32. The molecule has 0 fully saturated rings. The van der Waals surface area contributed by atoms with Crippen molar-refractivity contribution in [2.24, 2.45) is 0 Å². The molecular formula is C23H25F3N4O3S. The number of hydrogen-bond acceptors (Lipinski definition) is 4. The van der Waals surface area contributed by atoms with Gasteiger partial charge in [-0.05, 0) is 44.0 Å². The summed E-state index contributed by atoms with van der Waals surface area (Å²) in [5.41, 5.74) is 0.465. The molecule has 0 saturated heterocycles. The van der Waals surface area contributed by atoms with Crippen LogP contribution in [0.3, 0.4) is 0 Å². The van der Waals surface area contributed by atoms with Crippen LogP contribution in [0.1, 0.15) is 46.6 Å². The normalized spacial score (nSPS) is 12.2. The van der Waals surface area contributed by atoms with Crippen LogP contribution >= 0.6 is 0 Å². The van der Waals surface area contributed by atoms with Gasteiger partial charge in [0.2, 0.25) is 10.0 Å². The van der Waals surface area contributed by atoms with Crippen LogP contribution in [0.2, 0.25) is 0 Å². The number of nitrogens with zero attached hydrogens (tertiary/aromatic N) is 2. The average molecular weight is 495 g/mol. The van der Waals surface area contributed by atoms with E-state index < -0.39 is 33.4 Å². The molecule has 0 aliphatic carbocycles. The summed E-state index contributed by atoms with van der Waals surface area (Å²) in [7, 11) is -3.49. The van der Waals surface area contributed by atoms with Crippen LogP contribution in [0.5, 0.6) is 0 Å². The lowest BCUT2D eigenvalue weighted by Gasteiger charge is -2.13. The molecule has 1 amide bonds. The number of sulfonamides is 1. The lowest BCUT2D eigenvalue weighted by Crippen LogP contribution is -2.31. The van der Waals surface area contributed by atoms with Gasteiger partial charge in [0.05, 0.1) is 23.2 Å². The molecule has 0 unspecified atom stereocenters. The first-order chi connectivity index (χ1) is 15.9. The molecule has 2 N–H and O–H groups in total. The minimum Gasteiger partial charge on any atom is -0.348 e. The van der Waals surface area contributed by atoms with E-state index in [1.165, 1.54) is 12.1 Å². The van der Waals surface area contributed by atoms with Crippen molar-refractivity contribution in [2.75, 3.05) is 0 Å². The number of rotatable bonds is 8. The predicted molar refractivity (Wildman–Crippen MR) is 122 cm³/mol. The Balaban J connectivity index is 1.73. The van der Waals surface area contributed by atoms with E-state index in [0.717, 1.165) is 11.8 Å². The van der Waals surface area contributed by atoms with Gasteiger partial charge in [-0.1, -0.05) is 42.0 Å². The standard InChI is InChI=1S/C23H25F3N4O3S/c1-15(2)29-34(32,33)14-18-8-6-17(7-9-18)12-27-22(31)20-13-28-30(21(20)23(24,25)26)19-10-4-16(3)5-11-19/h4-11,13,15,29H,12,14H2,1-3H3,(H,27,31). The van der Waals surface area contributed by atoms with E-state index in [0.29, 0.717) is 15.8 Å². The number of amides is 1. The Labute approximate surface area is 196 Å². The van der Waals surface area contributed by atoms with E-state index in [9.17, 15) is 26.4 Å². The molecule has 34 heavy (non-hydrogen) atoms. The minimum atomic E-state index is -4.80. The van der Waals surface area contributed by atoms with Crippen molar-refractivity contribution < 1.29 is 26.4 Å². The van der Waals surface area contributed by atoms with Gasteiger partial charge >= 0.3 is 6.18 Å². The van der Waals surface area contributed by atoms with Crippen LogP contribution in [0, 0.1) is 6.92 Å². The molecule has 1 aromatic heterocycles. The summed E-state index contributed by atoms with van der Waals surface area (Å²) in [4.78, 5) is 12.6. The third-order valence-corrected chi connectivity index (χ3v) is 6.35. The highest BCUT2D eigenvalue weighted by Gasteiger charge is 2.40. The Morgan fingerprint density at radius 2 is 1.62 bits per heavy atom. The first-order valence-electron chi connectivity index (χ1n) is 10.4. The van der Waals surface area contributed by atoms with Gasteiger partial charge in [-0.3, -0.25) is 4.79 Å². The quantitative estimate of drug-likeness (QED) is 0.496. The minimum absolute atomic E-state index is 0.0386. The molecule has 0 spiro atoms. The molecule has 0 aliphatic rings. The lowest BCUT2D eigenvalue weighted by molar-refractivity contribution is -0.143. The lowest BCUT2D eigenvalue weighted by atomic mass is 10.1. The topological polar surface area (TPSA) is 93.1 Å². The summed E-state index contributed by atoms with van der Waals surface area (Å²) in [6.07, 6.45) is -3.90. The maximum atomic E-state index is 13.8. The van der Waals surface area contributed by atoms with Gasteiger partial charge < -0.3 is 5.32 Å². The van der Waals surface area contributed by atoms with Crippen LogP contribution < -0.4 is 10.0 Å². The summed E-state index contributed by atoms with van der Waals surface area (Å²) in [5.74, 6) is -1.12. The van der Waals surface area contributed by atoms with Crippen molar-refractivity contribution >= 4 is 15.9 Å². The van der Waals surface area contributed by atoms with Crippen molar-refractivity contribution in [1.29, 1.82) is 0 Å². The fourth-order valence-corrected chi connectivity index (χ4v) is 4.75. The average Bonchev–Trinajstić information content (AvgIpc) is 3.18. The number of aromatic nitrogens is 2. The Hall–Kier alpha value is -3.18. The zero-order valence-electron chi connectivity index (χ0n) is 18.8. The second kappa shape index (κ2) is 9.98. The van der Waals surface area contributed by atoms with Crippen molar-refractivity contribution in [3.8, 4) is 5.69 Å². The number of benzene rings is 2. The van der Waals surface area contributed by atoms with Crippen LogP contribution in [0.15, 0.2) is 54.7 Å². The number of nitrogens with one attached hydrogen (secondary N) is 2. The zero-order chi connectivity index (χ0) is 25.1. The maximum absolute atomic E-state index is 13.8. The number of hydrogen-bond donors (Lipinski definition) is 2. The summed E-state index contributed by atoms with van der Waals surface area (Å²) in [5, 5.41) is 6.27. The number of carbonyl (C=O) groups excluding carboxylic acids is 1. The van der Waals surface area contributed by atoms with Crippen LogP contribution in [0.4, 0.5) is 13.2 Å². The van der Waals surface area contributed by atoms with Gasteiger partial charge in [-0.2, -0.15) is 18.3 Å². The molecule has 11 heteroatoms. The third-order valence-electron chi connectivity index (χ3n) is 4.81. The Kier molecular flexibility index (Phi) is 7.47. The molecule has 1 heterocycles. The molecule has 0 radical (unpaired) electrons. The molecule has 3 rings (SSSR count). The van der Waals surface area contributed by atoms with Crippen molar-refractivity contribution in [3.05, 3.63) is 82.7 Å². The Morgan fingerprint density at radius 1 is 1.03 bits per heavy atom. The highest BCUT2D eigenvalue weighted by Crippen LogP contribution is 2.33. The third kappa shape index (κ3) is 6.45. The zero-order valence-corrected chi connectivity index (χ0v) is 19.7. The Bertz CT molecular complexity index is 1250. The second-order valence-electron chi connectivity index (χ2n) is 8.18. The number of aryl methyl sites for hydroxylation is 1. The first-order valence-corrected chi connectivity index (χ1v) is 12.1. The van der Waals surface area contributed by atoms with E-state index in [2.05, 4.69) is 15.1 Å². The van der Waals surface area contributed by atoms with Crippen molar-refractivity contribution in [1.82, 2.24) is 19.8 Å². The summed E-state index contributed by atoms with van der Waals surface area (Å²) >= 11 is 0. The SMILES string of the molecule is Cc1ccc(-n2ncc(C(=O)NCc3ccc(CS(=O)(=O)NC(C)C)cc3)c2C(F)(F)F)cc1.